The van der Waals surface area contributed by atoms with Crippen LogP contribution in [-0.4, -0.2) is 31.4 Å². The molecule has 0 atom stereocenters. The van der Waals surface area contributed by atoms with E-state index in [2.05, 4.69) is 10.2 Å². The fourth-order valence-corrected chi connectivity index (χ4v) is 1.48. The number of rotatable bonds is 5. The van der Waals surface area contributed by atoms with Crippen molar-refractivity contribution in [2.24, 2.45) is 0 Å². The summed E-state index contributed by atoms with van der Waals surface area (Å²) in [4.78, 5) is 13.7. The maximum Gasteiger partial charge on any atom is 0.224 e. The highest BCUT2D eigenvalue weighted by molar-refractivity contribution is 5.91. The van der Waals surface area contributed by atoms with Gasteiger partial charge in [0, 0.05) is 12.1 Å². The summed E-state index contributed by atoms with van der Waals surface area (Å²) in [7, 11) is 4.03. The lowest BCUT2D eigenvalue weighted by atomic mass is 10.2. The van der Waals surface area contributed by atoms with Crippen LogP contribution in [0.5, 0.6) is 0 Å². The van der Waals surface area contributed by atoms with Gasteiger partial charge in [0.1, 0.15) is 0 Å². The first-order chi connectivity index (χ1) is 7.59. The summed E-state index contributed by atoms with van der Waals surface area (Å²) in [5.74, 6) is 0.0937. The molecule has 0 aromatic heterocycles. The van der Waals surface area contributed by atoms with Gasteiger partial charge in [-0.1, -0.05) is 18.2 Å². The van der Waals surface area contributed by atoms with E-state index in [-0.39, 0.29) is 5.91 Å². The molecule has 0 radical (unpaired) electrons. The van der Waals surface area contributed by atoms with Gasteiger partial charge in [0.25, 0.3) is 0 Å². The molecule has 88 valence electrons. The van der Waals surface area contributed by atoms with Gasteiger partial charge in [0.15, 0.2) is 0 Å². The van der Waals surface area contributed by atoms with Gasteiger partial charge in [0.2, 0.25) is 5.91 Å². The van der Waals surface area contributed by atoms with Crippen molar-refractivity contribution in [3.63, 3.8) is 0 Å². The smallest absolute Gasteiger partial charge is 0.224 e. The van der Waals surface area contributed by atoms with Crippen LogP contribution in [0.3, 0.4) is 0 Å². The van der Waals surface area contributed by atoms with Gasteiger partial charge < -0.3 is 10.2 Å². The zero-order chi connectivity index (χ0) is 12.0. The topological polar surface area (TPSA) is 32.3 Å². The number of nitrogens with one attached hydrogen (secondary N) is 1. The van der Waals surface area contributed by atoms with Crippen molar-refractivity contribution in [2.45, 2.75) is 19.8 Å². The number of carbonyl (C=O) groups is 1. The standard InChI is InChI=1S/C13H20N2O/c1-11-7-4-5-8-12(11)14-13(16)9-6-10-15(2)3/h4-5,7-8H,6,9-10H2,1-3H3,(H,14,16). The van der Waals surface area contributed by atoms with E-state index in [1.807, 2.05) is 45.3 Å². The van der Waals surface area contributed by atoms with Crippen LogP contribution < -0.4 is 5.32 Å². The van der Waals surface area contributed by atoms with Crippen LogP contribution >= 0.6 is 0 Å². The van der Waals surface area contributed by atoms with Gasteiger partial charge in [-0.25, -0.2) is 0 Å². The van der Waals surface area contributed by atoms with Gasteiger partial charge in [-0.3, -0.25) is 4.79 Å². The zero-order valence-corrected chi connectivity index (χ0v) is 10.3. The number of hydrogen-bond acceptors (Lipinski definition) is 2. The molecule has 0 unspecified atom stereocenters. The van der Waals surface area contributed by atoms with Gasteiger partial charge in [-0.2, -0.15) is 0 Å². The number of nitrogens with zero attached hydrogens (tertiary/aromatic N) is 1. The summed E-state index contributed by atoms with van der Waals surface area (Å²) in [6.45, 7) is 2.94. The fraction of sp³-hybridized carbons (Fsp3) is 0.462. The molecule has 0 spiro atoms. The van der Waals surface area contributed by atoms with Crippen LogP contribution in [0.2, 0.25) is 0 Å². The minimum absolute atomic E-state index is 0.0937. The molecule has 16 heavy (non-hydrogen) atoms. The highest BCUT2D eigenvalue weighted by Crippen LogP contribution is 2.13. The fourth-order valence-electron chi connectivity index (χ4n) is 1.48. The molecule has 0 bridgehead atoms. The summed E-state index contributed by atoms with van der Waals surface area (Å²) >= 11 is 0. The van der Waals surface area contributed by atoms with E-state index in [4.69, 9.17) is 0 Å². The second-order valence-corrected chi connectivity index (χ2v) is 4.27. The van der Waals surface area contributed by atoms with Crippen LogP contribution in [-0.2, 0) is 4.79 Å². The average molecular weight is 220 g/mol. The third-order valence-corrected chi connectivity index (χ3v) is 2.43. The molecule has 1 rings (SSSR count). The first-order valence-corrected chi connectivity index (χ1v) is 5.60. The molecular weight excluding hydrogens is 200 g/mol. The third-order valence-electron chi connectivity index (χ3n) is 2.43. The van der Waals surface area contributed by atoms with Gasteiger partial charge in [-0.05, 0) is 45.6 Å². The Morgan fingerprint density at radius 2 is 2.00 bits per heavy atom. The molecule has 3 heteroatoms. The Morgan fingerprint density at radius 3 is 2.62 bits per heavy atom. The Morgan fingerprint density at radius 1 is 1.31 bits per heavy atom. The van der Waals surface area contributed by atoms with Crippen molar-refractivity contribution < 1.29 is 4.79 Å². The van der Waals surface area contributed by atoms with Crippen molar-refractivity contribution >= 4 is 11.6 Å². The summed E-state index contributed by atoms with van der Waals surface area (Å²) in [6.07, 6.45) is 1.47. The van der Waals surface area contributed by atoms with Crippen LogP contribution in [0.25, 0.3) is 0 Å². The molecule has 1 amide bonds. The molecule has 3 nitrogen and oxygen atoms in total. The van der Waals surface area contributed by atoms with E-state index in [1.54, 1.807) is 0 Å². The molecule has 1 N–H and O–H groups in total. The second-order valence-electron chi connectivity index (χ2n) is 4.27. The van der Waals surface area contributed by atoms with Crippen LogP contribution in [0.15, 0.2) is 24.3 Å². The van der Waals surface area contributed by atoms with E-state index in [0.29, 0.717) is 6.42 Å². The van der Waals surface area contributed by atoms with Gasteiger partial charge >= 0.3 is 0 Å². The molecule has 0 aliphatic heterocycles. The van der Waals surface area contributed by atoms with Crippen LogP contribution in [0, 0.1) is 6.92 Å². The van der Waals surface area contributed by atoms with E-state index < -0.39 is 0 Å². The molecule has 0 aliphatic carbocycles. The van der Waals surface area contributed by atoms with Gasteiger partial charge in [0.05, 0.1) is 0 Å². The number of para-hydroxylation sites is 1. The molecule has 1 aromatic rings. The molecular formula is C13H20N2O. The van der Waals surface area contributed by atoms with Crippen molar-refractivity contribution in [2.75, 3.05) is 26.0 Å². The number of benzene rings is 1. The molecule has 0 saturated carbocycles. The molecule has 0 aliphatic rings. The van der Waals surface area contributed by atoms with Crippen molar-refractivity contribution in [1.82, 2.24) is 4.90 Å². The monoisotopic (exact) mass is 220 g/mol. The quantitative estimate of drug-likeness (QED) is 0.825. The predicted octanol–water partition coefficient (Wildman–Crippen LogP) is 2.28. The first-order valence-electron chi connectivity index (χ1n) is 5.60. The minimum atomic E-state index is 0.0937. The van der Waals surface area contributed by atoms with Gasteiger partial charge in [-0.15, -0.1) is 0 Å². The van der Waals surface area contributed by atoms with Crippen molar-refractivity contribution in [3.8, 4) is 0 Å². The molecule has 0 heterocycles. The second kappa shape index (κ2) is 6.28. The normalized spacial score (nSPS) is 10.5. The lowest BCUT2D eigenvalue weighted by Crippen LogP contribution is -2.17. The summed E-state index contributed by atoms with van der Waals surface area (Å²) in [6, 6.07) is 7.83. The highest BCUT2D eigenvalue weighted by atomic mass is 16.1. The molecule has 1 aromatic carbocycles. The lowest BCUT2D eigenvalue weighted by molar-refractivity contribution is -0.116. The Balaban J connectivity index is 2.37. The van der Waals surface area contributed by atoms with E-state index >= 15 is 0 Å². The van der Waals surface area contributed by atoms with Crippen molar-refractivity contribution in [1.29, 1.82) is 0 Å². The SMILES string of the molecule is Cc1ccccc1NC(=O)CCCN(C)C. The van der Waals surface area contributed by atoms with E-state index in [1.165, 1.54) is 0 Å². The predicted molar refractivity (Wildman–Crippen MR) is 67.6 cm³/mol. The number of carbonyl (C=O) groups excluding carboxylic acids is 1. The first kappa shape index (κ1) is 12.7. The molecule has 0 saturated heterocycles. The number of anilines is 1. The maximum absolute atomic E-state index is 11.6. The Hall–Kier alpha value is -1.35. The van der Waals surface area contributed by atoms with Crippen LogP contribution in [0.1, 0.15) is 18.4 Å². The van der Waals surface area contributed by atoms with E-state index in [9.17, 15) is 4.79 Å². The Labute approximate surface area is 97.5 Å². The Bertz CT molecular complexity index is 348. The zero-order valence-electron chi connectivity index (χ0n) is 10.3. The number of amides is 1. The van der Waals surface area contributed by atoms with Crippen molar-refractivity contribution in [3.05, 3.63) is 29.8 Å². The summed E-state index contributed by atoms with van der Waals surface area (Å²) < 4.78 is 0. The van der Waals surface area contributed by atoms with E-state index in [0.717, 1.165) is 24.2 Å². The summed E-state index contributed by atoms with van der Waals surface area (Å²) in [5, 5.41) is 2.93. The highest BCUT2D eigenvalue weighted by Gasteiger charge is 2.03. The largest absolute Gasteiger partial charge is 0.326 e. The lowest BCUT2D eigenvalue weighted by Gasteiger charge is -2.10. The summed E-state index contributed by atoms with van der Waals surface area (Å²) in [5.41, 5.74) is 2.01. The van der Waals surface area contributed by atoms with Crippen LogP contribution in [0.4, 0.5) is 5.69 Å². The molecule has 0 fully saturated rings. The number of hydrogen-bond donors (Lipinski definition) is 1. The maximum atomic E-state index is 11.6. The number of aryl methyl sites for hydroxylation is 1. The Kier molecular flexibility index (Phi) is 4.99. The average Bonchev–Trinajstić information content (AvgIpc) is 2.21. The minimum Gasteiger partial charge on any atom is -0.326 e. The third kappa shape index (κ3) is 4.45.